The van der Waals surface area contributed by atoms with E-state index in [0.29, 0.717) is 27.0 Å². The summed E-state index contributed by atoms with van der Waals surface area (Å²) < 4.78 is 5.81. The molecule has 4 N–H and O–H groups in total. The van der Waals surface area contributed by atoms with Crippen molar-refractivity contribution in [2.45, 2.75) is 18.9 Å². The summed E-state index contributed by atoms with van der Waals surface area (Å²) in [5.74, 6) is 1.18. The first-order valence-corrected chi connectivity index (χ1v) is 13.6. The maximum absolute atomic E-state index is 13.2. The number of rotatable bonds is 7. The van der Waals surface area contributed by atoms with Crippen molar-refractivity contribution in [3.8, 4) is 21.9 Å². The summed E-state index contributed by atoms with van der Waals surface area (Å²) in [6.45, 7) is 1.69. The van der Waals surface area contributed by atoms with Gasteiger partial charge in [0.2, 0.25) is 0 Å². The molecule has 38 heavy (non-hydrogen) atoms. The lowest BCUT2D eigenvalue weighted by atomic mass is 10.1. The van der Waals surface area contributed by atoms with Crippen LogP contribution < -0.4 is 26.0 Å². The number of benzene rings is 3. The lowest BCUT2D eigenvalue weighted by Gasteiger charge is -2.23. The summed E-state index contributed by atoms with van der Waals surface area (Å²) in [6, 6.07) is 25.4. The van der Waals surface area contributed by atoms with Gasteiger partial charge in [0, 0.05) is 28.2 Å². The number of thiophene rings is 1. The fraction of sp³-hybridized carbons (Fsp3) is 0.172. The summed E-state index contributed by atoms with van der Waals surface area (Å²) in [7, 11) is 0. The molecule has 194 valence electrons. The Balaban J connectivity index is 1.30. The smallest absolute Gasteiger partial charge is 0.323 e. The van der Waals surface area contributed by atoms with Gasteiger partial charge in [0.25, 0.3) is 5.91 Å². The predicted molar refractivity (Wildman–Crippen MR) is 154 cm³/mol. The summed E-state index contributed by atoms with van der Waals surface area (Å²) >= 11 is 7.38. The van der Waals surface area contributed by atoms with E-state index in [0.717, 1.165) is 42.1 Å². The van der Waals surface area contributed by atoms with Crippen molar-refractivity contribution in [1.29, 1.82) is 0 Å². The van der Waals surface area contributed by atoms with Gasteiger partial charge in [0.05, 0.1) is 5.69 Å². The fourth-order valence-electron chi connectivity index (χ4n) is 4.15. The minimum atomic E-state index is -0.449. The van der Waals surface area contributed by atoms with Crippen molar-refractivity contribution in [1.82, 2.24) is 10.6 Å². The predicted octanol–water partition coefficient (Wildman–Crippen LogP) is 6.99. The SMILES string of the molecule is O=C(Nc1ccc(Oc2ccccc2)cc1)Nc1cc(-c2ccc(Cl)cc2)sc1C(=O)N[C@H]1CCCNC1. The number of hydrogen-bond donors (Lipinski definition) is 4. The molecule has 1 aliphatic rings. The quantitative estimate of drug-likeness (QED) is 0.201. The van der Waals surface area contributed by atoms with Gasteiger partial charge in [-0.3, -0.25) is 4.79 Å². The maximum atomic E-state index is 13.2. The van der Waals surface area contributed by atoms with E-state index in [9.17, 15) is 9.59 Å². The van der Waals surface area contributed by atoms with Gasteiger partial charge >= 0.3 is 6.03 Å². The number of halogens is 1. The fourth-order valence-corrected chi connectivity index (χ4v) is 5.30. The highest BCUT2D eigenvalue weighted by Crippen LogP contribution is 2.36. The van der Waals surface area contributed by atoms with E-state index in [1.54, 1.807) is 36.4 Å². The molecule has 3 amide bonds. The lowest BCUT2D eigenvalue weighted by molar-refractivity contribution is 0.0935. The normalized spacial score (nSPS) is 14.9. The summed E-state index contributed by atoms with van der Waals surface area (Å²) in [5.41, 5.74) is 1.95. The lowest BCUT2D eigenvalue weighted by Crippen LogP contribution is -2.45. The van der Waals surface area contributed by atoms with Crippen LogP contribution >= 0.6 is 22.9 Å². The topological polar surface area (TPSA) is 91.5 Å². The minimum absolute atomic E-state index is 0.0515. The molecular weight excluding hydrogens is 520 g/mol. The van der Waals surface area contributed by atoms with Gasteiger partial charge in [-0.2, -0.15) is 0 Å². The Hall–Kier alpha value is -3.85. The molecule has 1 aliphatic heterocycles. The van der Waals surface area contributed by atoms with Crippen molar-refractivity contribution >= 4 is 46.3 Å². The van der Waals surface area contributed by atoms with Crippen LogP contribution in [0, 0.1) is 0 Å². The molecule has 1 aromatic heterocycles. The van der Waals surface area contributed by atoms with Crippen LogP contribution in [0.2, 0.25) is 5.02 Å². The number of amides is 3. The average Bonchev–Trinajstić information content (AvgIpc) is 3.35. The molecule has 1 atom stereocenters. The first-order chi connectivity index (χ1) is 18.5. The Labute approximate surface area is 230 Å². The molecule has 0 unspecified atom stereocenters. The number of para-hydroxylation sites is 1. The van der Waals surface area contributed by atoms with Crippen LogP contribution in [0.5, 0.6) is 11.5 Å². The molecule has 7 nitrogen and oxygen atoms in total. The van der Waals surface area contributed by atoms with Crippen LogP contribution in [0.4, 0.5) is 16.2 Å². The highest BCUT2D eigenvalue weighted by molar-refractivity contribution is 7.18. The Morgan fingerprint density at radius 2 is 1.66 bits per heavy atom. The van der Waals surface area contributed by atoms with Crippen LogP contribution in [0.1, 0.15) is 22.5 Å². The van der Waals surface area contributed by atoms with Crippen LogP contribution in [0.3, 0.4) is 0 Å². The molecule has 3 aromatic carbocycles. The maximum Gasteiger partial charge on any atom is 0.323 e. The summed E-state index contributed by atoms with van der Waals surface area (Å²) in [4.78, 5) is 27.4. The second-order valence-corrected chi connectivity index (χ2v) is 10.4. The first kappa shape index (κ1) is 25.8. The molecule has 4 aromatic rings. The number of carbonyl (C=O) groups excluding carboxylic acids is 2. The molecular formula is C29H27ClN4O3S. The molecule has 1 fully saturated rings. The second-order valence-electron chi connectivity index (χ2n) is 8.90. The van der Waals surface area contributed by atoms with Gasteiger partial charge in [-0.15, -0.1) is 11.3 Å². The Bertz CT molecular complexity index is 1390. The van der Waals surface area contributed by atoms with E-state index in [2.05, 4.69) is 21.3 Å². The molecule has 0 saturated carbocycles. The molecule has 0 radical (unpaired) electrons. The zero-order valence-electron chi connectivity index (χ0n) is 20.5. The van der Waals surface area contributed by atoms with Crippen LogP contribution in [0.25, 0.3) is 10.4 Å². The third-order valence-corrected chi connectivity index (χ3v) is 7.47. The van der Waals surface area contributed by atoms with E-state index in [-0.39, 0.29) is 11.9 Å². The van der Waals surface area contributed by atoms with E-state index in [4.69, 9.17) is 16.3 Å². The van der Waals surface area contributed by atoms with E-state index in [1.165, 1.54) is 11.3 Å². The van der Waals surface area contributed by atoms with Gasteiger partial charge in [-0.1, -0.05) is 41.9 Å². The molecule has 0 aliphatic carbocycles. The summed E-state index contributed by atoms with van der Waals surface area (Å²) in [5, 5.41) is 12.7. The molecule has 2 heterocycles. The highest BCUT2D eigenvalue weighted by atomic mass is 35.5. The Morgan fingerprint density at radius 1 is 0.921 bits per heavy atom. The van der Waals surface area contributed by atoms with Crippen molar-refractivity contribution in [2.24, 2.45) is 0 Å². The van der Waals surface area contributed by atoms with Crippen molar-refractivity contribution in [3.63, 3.8) is 0 Å². The van der Waals surface area contributed by atoms with Gasteiger partial charge in [0.1, 0.15) is 16.4 Å². The number of carbonyl (C=O) groups is 2. The van der Waals surface area contributed by atoms with Crippen molar-refractivity contribution in [3.05, 3.63) is 94.8 Å². The number of anilines is 2. The number of ether oxygens (including phenoxy) is 1. The molecule has 1 saturated heterocycles. The van der Waals surface area contributed by atoms with Gasteiger partial charge in [0.15, 0.2) is 0 Å². The van der Waals surface area contributed by atoms with E-state index in [1.807, 2.05) is 48.5 Å². The average molecular weight is 547 g/mol. The zero-order valence-corrected chi connectivity index (χ0v) is 22.1. The monoisotopic (exact) mass is 546 g/mol. The number of nitrogens with one attached hydrogen (secondary N) is 4. The summed E-state index contributed by atoms with van der Waals surface area (Å²) in [6.07, 6.45) is 1.93. The minimum Gasteiger partial charge on any atom is -0.457 e. The van der Waals surface area contributed by atoms with Crippen LogP contribution in [-0.2, 0) is 0 Å². The molecule has 0 spiro atoms. The van der Waals surface area contributed by atoms with Gasteiger partial charge < -0.3 is 26.0 Å². The van der Waals surface area contributed by atoms with E-state index >= 15 is 0 Å². The van der Waals surface area contributed by atoms with E-state index < -0.39 is 6.03 Å². The van der Waals surface area contributed by atoms with Crippen molar-refractivity contribution in [2.75, 3.05) is 23.7 Å². The number of piperidine rings is 1. The standard InChI is InChI=1S/C29H27ClN4O3S/c30-20-10-8-19(9-11-20)26-17-25(27(38-26)28(35)32-22-5-4-16-31-18-22)34-29(36)33-21-12-14-24(15-13-21)37-23-6-2-1-3-7-23/h1-3,6-15,17,22,31H,4-5,16,18H2,(H,32,35)(H2,33,34,36)/t22-/m0/s1. The molecule has 5 rings (SSSR count). The van der Waals surface area contributed by atoms with Crippen LogP contribution in [-0.4, -0.2) is 31.1 Å². The largest absolute Gasteiger partial charge is 0.457 e. The third-order valence-electron chi connectivity index (χ3n) is 6.04. The third kappa shape index (κ3) is 6.72. The first-order valence-electron chi connectivity index (χ1n) is 12.4. The Kier molecular flexibility index (Phi) is 8.23. The molecule has 9 heteroatoms. The Morgan fingerprint density at radius 3 is 2.37 bits per heavy atom. The second kappa shape index (κ2) is 12.1. The zero-order chi connectivity index (χ0) is 26.3. The van der Waals surface area contributed by atoms with Crippen LogP contribution in [0.15, 0.2) is 84.9 Å². The highest BCUT2D eigenvalue weighted by Gasteiger charge is 2.22. The van der Waals surface area contributed by atoms with Gasteiger partial charge in [-0.25, -0.2) is 4.79 Å². The van der Waals surface area contributed by atoms with Crippen molar-refractivity contribution < 1.29 is 14.3 Å². The number of urea groups is 1. The molecule has 0 bridgehead atoms. The number of hydrogen-bond acceptors (Lipinski definition) is 5. The van der Waals surface area contributed by atoms with Gasteiger partial charge in [-0.05, 0) is 79.5 Å².